The van der Waals surface area contributed by atoms with Crippen LogP contribution in [0.5, 0.6) is 5.75 Å². The lowest BCUT2D eigenvalue weighted by atomic mass is 9.90. The fourth-order valence-electron chi connectivity index (χ4n) is 2.45. The van der Waals surface area contributed by atoms with Crippen LogP contribution in [0.3, 0.4) is 0 Å². The highest BCUT2D eigenvalue weighted by Crippen LogP contribution is 2.30. The number of halogens is 1. The largest absolute Gasteiger partial charge is 0.491 e. The molecule has 1 heterocycles. The van der Waals surface area contributed by atoms with Gasteiger partial charge in [-0.1, -0.05) is 0 Å². The van der Waals surface area contributed by atoms with Crippen molar-refractivity contribution >= 4 is 17.7 Å². The molecule has 1 aliphatic rings. The first-order valence-corrected chi connectivity index (χ1v) is 7.47. The lowest BCUT2D eigenvalue weighted by Crippen LogP contribution is -2.37. The molecule has 2 amide bonds. The summed E-state index contributed by atoms with van der Waals surface area (Å²) >= 11 is 0. The molecule has 23 heavy (non-hydrogen) atoms. The first kappa shape index (κ1) is 17.1. The Morgan fingerprint density at radius 3 is 2.65 bits per heavy atom. The zero-order valence-electron chi connectivity index (χ0n) is 13.4. The Labute approximate surface area is 134 Å². The van der Waals surface area contributed by atoms with E-state index in [2.05, 4.69) is 5.32 Å². The van der Waals surface area contributed by atoms with Gasteiger partial charge in [0.2, 0.25) is 0 Å². The molecule has 6 nitrogen and oxygen atoms in total. The molecule has 1 saturated heterocycles. The highest BCUT2D eigenvalue weighted by molar-refractivity contribution is 5.90. The second-order valence-electron chi connectivity index (χ2n) is 6.28. The first-order chi connectivity index (χ1) is 10.7. The van der Waals surface area contributed by atoms with Gasteiger partial charge in [-0.15, -0.1) is 0 Å². The predicted octanol–water partition coefficient (Wildman–Crippen LogP) is 2.94. The molecule has 0 radical (unpaired) electrons. The van der Waals surface area contributed by atoms with Gasteiger partial charge in [-0.05, 0) is 39.3 Å². The zero-order chi connectivity index (χ0) is 17.2. The highest BCUT2D eigenvalue weighted by atomic mass is 19.1. The molecule has 0 saturated carbocycles. The maximum absolute atomic E-state index is 14.0. The van der Waals surface area contributed by atoms with Crippen molar-refractivity contribution in [2.24, 2.45) is 5.41 Å². The normalized spacial score (nSPS) is 20.7. The average molecular weight is 324 g/mol. The van der Waals surface area contributed by atoms with Crippen molar-refractivity contribution in [3.8, 4) is 5.75 Å². The van der Waals surface area contributed by atoms with Gasteiger partial charge in [-0.2, -0.15) is 0 Å². The second-order valence-corrected chi connectivity index (χ2v) is 6.28. The molecule has 1 fully saturated rings. The van der Waals surface area contributed by atoms with E-state index in [1.807, 2.05) is 13.8 Å². The molecular formula is C16H21FN2O4. The number of carbonyl (C=O) groups excluding carboxylic acids is 1. The summed E-state index contributed by atoms with van der Waals surface area (Å²) in [5.41, 5.74) is -0.916. The number of ether oxygens (including phenoxy) is 1. The van der Waals surface area contributed by atoms with E-state index in [1.54, 1.807) is 13.0 Å². The van der Waals surface area contributed by atoms with Crippen molar-refractivity contribution in [2.75, 3.05) is 18.4 Å². The monoisotopic (exact) mass is 324 g/mol. The van der Waals surface area contributed by atoms with Gasteiger partial charge in [0.15, 0.2) is 0 Å². The summed E-state index contributed by atoms with van der Waals surface area (Å²) in [7, 11) is 0. The topological polar surface area (TPSA) is 78.9 Å². The van der Waals surface area contributed by atoms with Crippen molar-refractivity contribution in [3.63, 3.8) is 0 Å². The molecular weight excluding hydrogens is 303 g/mol. The van der Waals surface area contributed by atoms with Crippen LogP contribution in [0.25, 0.3) is 0 Å². The number of nitrogens with zero attached hydrogens (tertiary/aromatic N) is 1. The third-order valence-electron chi connectivity index (χ3n) is 3.83. The number of aliphatic carboxylic acids is 1. The van der Waals surface area contributed by atoms with Gasteiger partial charge >= 0.3 is 12.0 Å². The number of carbonyl (C=O) groups is 2. The van der Waals surface area contributed by atoms with Gasteiger partial charge in [-0.3, -0.25) is 4.79 Å². The molecule has 2 N–H and O–H groups in total. The van der Waals surface area contributed by atoms with Gasteiger partial charge in [0.1, 0.15) is 11.6 Å². The number of anilines is 1. The smallest absolute Gasteiger partial charge is 0.321 e. The maximum atomic E-state index is 14.0. The maximum Gasteiger partial charge on any atom is 0.321 e. The molecule has 0 aromatic heterocycles. The minimum absolute atomic E-state index is 0.0371. The molecule has 1 aromatic rings. The zero-order valence-corrected chi connectivity index (χ0v) is 13.4. The van der Waals surface area contributed by atoms with Gasteiger partial charge in [0.05, 0.1) is 17.2 Å². The van der Waals surface area contributed by atoms with Crippen LogP contribution >= 0.6 is 0 Å². The molecule has 0 bridgehead atoms. The number of hydrogen-bond acceptors (Lipinski definition) is 3. The summed E-state index contributed by atoms with van der Waals surface area (Å²) < 4.78 is 19.4. The molecule has 1 aliphatic heterocycles. The summed E-state index contributed by atoms with van der Waals surface area (Å²) in [5.74, 6) is -1.15. The van der Waals surface area contributed by atoms with E-state index in [0.717, 1.165) is 0 Å². The number of hydrogen-bond donors (Lipinski definition) is 2. The molecule has 1 atom stereocenters. The number of amides is 2. The van der Waals surface area contributed by atoms with Crippen molar-refractivity contribution in [1.82, 2.24) is 4.90 Å². The van der Waals surface area contributed by atoms with E-state index < -0.39 is 23.2 Å². The summed E-state index contributed by atoms with van der Waals surface area (Å²) in [6, 6.07) is 3.70. The van der Waals surface area contributed by atoms with E-state index in [4.69, 9.17) is 4.74 Å². The molecule has 126 valence electrons. The molecule has 1 aromatic carbocycles. The van der Waals surface area contributed by atoms with Crippen LogP contribution in [-0.2, 0) is 4.79 Å². The van der Waals surface area contributed by atoms with Crippen molar-refractivity contribution in [1.29, 1.82) is 0 Å². The average Bonchev–Trinajstić information content (AvgIpc) is 2.85. The minimum Gasteiger partial charge on any atom is -0.491 e. The van der Waals surface area contributed by atoms with Crippen molar-refractivity contribution in [3.05, 3.63) is 24.0 Å². The third-order valence-corrected chi connectivity index (χ3v) is 3.83. The van der Waals surface area contributed by atoms with E-state index in [-0.39, 0.29) is 18.3 Å². The van der Waals surface area contributed by atoms with Crippen LogP contribution in [0.1, 0.15) is 27.2 Å². The highest BCUT2D eigenvalue weighted by Gasteiger charge is 2.42. The lowest BCUT2D eigenvalue weighted by Gasteiger charge is -2.20. The Morgan fingerprint density at radius 2 is 2.13 bits per heavy atom. The van der Waals surface area contributed by atoms with Gasteiger partial charge < -0.3 is 20.1 Å². The van der Waals surface area contributed by atoms with Crippen LogP contribution in [0.15, 0.2) is 18.2 Å². The number of benzene rings is 1. The molecule has 7 heteroatoms. The Bertz CT molecular complexity index is 620. The number of urea groups is 1. The summed E-state index contributed by atoms with van der Waals surface area (Å²) in [5, 5.41) is 11.6. The first-order valence-electron chi connectivity index (χ1n) is 7.47. The molecule has 0 spiro atoms. The lowest BCUT2D eigenvalue weighted by molar-refractivity contribution is -0.146. The second kappa shape index (κ2) is 6.44. The van der Waals surface area contributed by atoms with Crippen LogP contribution in [-0.4, -0.2) is 41.2 Å². The van der Waals surface area contributed by atoms with Crippen LogP contribution in [0, 0.1) is 11.2 Å². The Morgan fingerprint density at radius 1 is 1.43 bits per heavy atom. The van der Waals surface area contributed by atoms with E-state index in [1.165, 1.54) is 17.0 Å². The van der Waals surface area contributed by atoms with Gasteiger partial charge in [0.25, 0.3) is 0 Å². The minimum atomic E-state index is -0.954. The number of carboxylic acids is 1. The third kappa shape index (κ3) is 3.91. The standard InChI is InChI=1S/C16H21FN2O4/c1-10(2)23-11-4-5-13(12(17)8-11)18-15(22)19-7-6-16(3,9-19)14(20)21/h4-5,8,10H,6-7,9H2,1-3H3,(H,18,22)(H,20,21). The molecule has 0 aliphatic carbocycles. The van der Waals surface area contributed by atoms with Crippen LogP contribution < -0.4 is 10.1 Å². The van der Waals surface area contributed by atoms with E-state index in [9.17, 15) is 19.1 Å². The molecule has 1 unspecified atom stereocenters. The Hall–Kier alpha value is -2.31. The summed E-state index contributed by atoms with van der Waals surface area (Å²) in [6.07, 6.45) is 0.299. The van der Waals surface area contributed by atoms with Gasteiger partial charge in [-0.25, -0.2) is 9.18 Å². The number of nitrogens with one attached hydrogen (secondary N) is 1. The fourth-order valence-corrected chi connectivity index (χ4v) is 2.45. The quantitative estimate of drug-likeness (QED) is 0.892. The summed E-state index contributed by atoms with van der Waals surface area (Å²) in [6.45, 7) is 5.69. The summed E-state index contributed by atoms with van der Waals surface area (Å²) in [4.78, 5) is 24.7. The van der Waals surface area contributed by atoms with E-state index in [0.29, 0.717) is 18.7 Å². The van der Waals surface area contributed by atoms with Crippen LogP contribution in [0.2, 0.25) is 0 Å². The fraction of sp³-hybridized carbons (Fsp3) is 0.500. The van der Waals surface area contributed by atoms with Crippen molar-refractivity contribution < 1.29 is 23.8 Å². The van der Waals surface area contributed by atoms with Crippen molar-refractivity contribution in [2.45, 2.75) is 33.3 Å². The molecule has 2 rings (SSSR count). The number of rotatable bonds is 4. The predicted molar refractivity (Wildman–Crippen MR) is 83.1 cm³/mol. The SMILES string of the molecule is CC(C)Oc1ccc(NC(=O)N2CCC(C)(C(=O)O)C2)c(F)c1. The van der Waals surface area contributed by atoms with E-state index >= 15 is 0 Å². The Kier molecular flexibility index (Phi) is 4.77. The van der Waals surface area contributed by atoms with Gasteiger partial charge in [0, 0.05) is 19.2 Å². The Balaban J connectivity index is 2.02. The number of carboxylic acid groups (broad SMARTS) is 1. The van der Waals surface area contributed by atoms with Crippen LogP contribution in [0.4, 0.5) is 14.9 Å². The number of likely N-dealkylation sites (tertiary alicyclic amines) is 1.